The maximum atomic E-state index is 12.2. The fraction of sp³-hybridized carbons (Fsp3) is 0.333. The van der Waals surface area contributed by atoms with E-state index in [1.54, 1.807) is 14.1 Å². The Labute approximate surface area is 170 Å². The molecule has 0 atom stereocenters. The zero-order valence-electron chi connectivity index (χ0n) is 16.4. The summed E-state index contributed by atoms with van der Waals surface area (Å²) in [6.45, 7) is 6.55. The normalized spacial score (nSPS) is 11.1. The van der Waals surface area contributed by atoms with Crippen LogP contribution in [0.4, 0.5) is 10.5 Å². The SMILES string of the molecule is CN(C)C(=O)Sc1ccc(NC(=O)CSc2ccc(C(C)(C)C)cc2)cc1. The van der Waals surface area contributed by atoms with Gasteiger partial charge in [0.25, 0.3) is 5.24 Å². The van der Waals surface area contributed by atoms with E-state index >= 15 is 0 Å². The molecule has 6 heteroatoms. The Morgan fingerprint density at radius 3 is 2.00 bits per heavy atom. The van der Waals surface area contributed by atoms with Crippen molar-refractivity contribution in [1.82, 2.24) is 4.90 Å². The van der Waals surface area contributed by atoms with Gasteiger partial charge in [0.2, 0.25) is 5.91 Å². The number of hydrogen-bond acceptors (Lipinski definition) is 4. The second-order valence-electron chi connectivity index (χ2n) is 7.40. The molecule has 2 aromatic rings. The first-order valence-corrected chi connectivity index (χ1v) is 10.5. The van der Waals surface area contributed by atoms with Crippen molar-refractivity contribution in [2.24, 2.45) is 0 Å². The Bertz CT molecular complexity index is 779. The van der Waals surface area contributed by atoms with Crippen LogP contribution in [-0.4, -0.2) is 35.9 Å². The molecular formula is C21H26N2O2S2. The maximum absolute atomic E-state index is 12.2. The largest absolute Gasteiger partial charge is 0.339 e. The molecule has 0 saturated carbocycles. The molecule has 0 fully saturated rings. The summed E-state index contributed by atoms with van der Waals surface area (Å²) in [5, 5.41) is 2.86. The minimum atomic E-state index is -0.0512. The molecule has 0 spiro atoms. The van der Waals surface area contributed by atoms with Gasteiger partial charge in [-0.1, -0.05) is 32.9 Å². The Kier molecular flexibility index (Phi) is 7.39. The summed E-state index contributed by atoms with van der Waals surface area (Å²) in [4.78, 5) is 27.3. The lowest BCUT2D eigenvalue weighted by molar-refractivity contribution is -0.113. The van der Waals surface area contributed by atoms with Gasteiger partial charge in [-0.3, -0.25) is 9.59 Å². The minimum Gasteiger partial charge on any atom is -0.339 e. The summed E-state index contributed by atoms with van der Waals surface area (Å²) >= 11 is 2.68. The van der Waals surface area contributed by atoms with Gasteiger partial charge in [-0.25, -0.2) is 0 Å². The van der Waals surface area contributed by atoms with E-state index in [-0.39, 0.29) is 16.6 Å². The van der Waals surface area contributed by atoms with Gasteiger partial charge in [-0.15, -0.1) is 11.8 Å². The molecule has 27 heavy (non-hydrogen) atoms. The van der Waals surface area contributed by atoms with Crippen molar-refractivity contribution in [1.29, 1.82) is 0 Å². The Morgan fingerprint density at radius 1 is 0.926 bits per heavy atom. The van der Waals surface area contributed by atoms with Crippen LogP contribution in [0.1, 0.15) is 26.3 Å². The van der Waals surface area contributed by atoms with E-state index < -0.39 is 0 Å². The number of nitrogens with one attached hydrogen (secondary N) is 1. The van der Waals surface area contributed by atoms with Crippen molar-refractivity contribution in [3.63, 3.8) is 0 Å². The zero-order valence-corrected chi connectivity index (χ0v) is 18.0. The highest BCUT2D eigenvalue weighted by Crippen LogP contribution is 2.26. The standard InChI is InChI=1S/C21H26N2O2S2/c1-21(2,3)15-6-10-17(11-7-15)26-14-19(24)22-16-8-12-18(13-9-16)27-20(25)23(4)5/h6-13H,14H2,1-5H3,(H,22,24). The first-order valence-electron chi connectivity index (χ1n) is 8.67. The second-order valence-corrected chi connectivity index (χ2v) is 9.47. The zero-order chi connectivity index (χ0) is 20.0. The number of anilines is 1. The minimum absolute atomic E-state index is 0.0272. The molecule has 0 aliphatic carbocycles. The molecule has 2 rings (SSSR count). The summed E-state index contributed by atoms with van der Waals surface area (Å²) < 4.78 is 0. The number of hydrogen-bond donors (Lipinski definition) is 1. The molecule has 0 aliphatic rings. The van der Waals surface area contributed by atoms with Gasteiger partial charge in [-0.2, -0.15) is 0 Å². The van der Waals surface area contributed by atoms with Crippen LogP contribution >= 0.6 is 23.5 Å². The van der Waals surface area contributed by atoms with E-state index in [1.165, 1.54) is 22.2 Å². The molecule has 0 heterocycles. The quantitative estimate of drug-likeness (QED) is 0.672. The number of thioether (sulfide) groups is 2. The molecule has 0 bridgehead atoms. The third-order valence-electron chi connectivity index (χ3n) is 3.80. The van der Waals surface area contributed by atoms with Crippen molar-refractivity contribution in [3.8, 4) is 0 Å². The van der Waals surface area contributed by atoms with Crippen LogP contribution in [0.5, 0.6) is 0 Å². The van der Waals surface area contributed by atoms with E-state index in [9.17, 15) is 9.59 Å². The smallest absolute Gasteiger partial charge is 0.285 e. The van der Waals surface area contributed by atoms with Gasteiger partial charge in [0.05, 0.1) is 5.75 Å². The topological polar surface area (TPSA) is 49.4 Å². The molecule has 4 nitrogen and oxygen atoms in total. The molecule has 144 valence electrons. The van der Waals surface area contributed by atoms with Gasteiger partial charge in [0, 0.05) is 29.6 Å². The number of benzene rings is 2. The predicted octanol–water partition coefficient (Wildman–Crippen LogP) is 5.49. The van der Waals surface area contributed by atoms with Crippen molar-refractivity contribution >= 4 is 40.4 Å². The Hall–Kier alpha value is -1.92. The van der Waals surface area contributed by atoms with Gasteiger partial charge >= 0.3 is 0 Å². The fourth-order valence-corrected chi connectivity index (χ4v) is 3.55. The van der Waals surface area contributed by atoms with Crippen LogP contribution in [0, 0.1) is 0 Å². The van der Waals surface area contributed by atoms with Crippen molar-refractivity contribution in [3.05, 3.63) is 54.1 Å². The summed E-state index contributed by atoms with van der Waals surface area (Å²) in [5.74, 6) is 0.300. The Morgan fingerprint density at radius 2 is 1.48 bits per heavy atom. The van der Waals surface area contributed by atoms with Crippen LogP contribution in [0.2, 0.25) is 0 Å². The number of amides is 2. The summed E-state index contributed by atoms with van der Waals surface area (Å²) in [5.41, 5.74) is 2.13. The van der Waals surface area contributed by atoms with E-state index in [0.29, 0.717) is 5.75 Å². The van der Waals surface area contributed by atoms with Crippen LogP contribution in [-0.2, 0) is 10.2 Å². The van der Waals surface area contributed by atoms with Crippen molar-refractivity contribution in [2.45, 2.75) is 36.0 Å². The molecule has 2 amide bonds. The summed E-state index contributed by atoms with van der Waals surface area (Å²) in [6, 6.07) is 15.6. The molecule has 0 aromatic heterocycles. The molecule has 1 N–H and O–H groups in total. The van der Waals surface area contributed by atoms with Crippen molar-refractivity contribution < 1.29 is 9.59 Å². The van der Waals surface area contributed by atoms with E-state index in [0.717, 1.165) is 27.2 Å². The highest BCUT2D eigenvalue weighted by molar-refractivity contribution is 8.13. The van der Waals surface area contributed by atoms with E-state index in [4.69, 9.17) is 0 Å². The maximum Gasteiger partial charge on any atom is 0.285 e. The van der Waals surface area contributed by atoms with Gasteiger partial charge in [0.15, 0.2) is 0 Å². The first-order chi connectivity index (χ1) is 12.6. The van der Waals surface area contributed by atoms with E-state index in [1.807, 2.05) is 24.3 Å². The molecular weight excluding hydrogens is 376 g/mol. The van der Waals surface area contributed by atoms with Crippen molar-refractivity contribution in [2.75, 3.05) is 25.2 Å². The average molecular weight is 403 g/mol. The lowest BCUT2D eigenvalue weighted by atomic mass is 9.87. The summed E-state index contributed by atoms with van der Waals surface area (Å²) in [7, 11) is 3.44. The molecule has 0 saturated heterocycles. The number of carbonyl (C=O) groups excluding carboxylic acids is 2. The third-order valence-corrected chi connectivity index (χ3v) is 5.86. The monoisotopic (exact) mass is 402 g/mol. The second kappa shape index (κ2) is 9.33. The molecule has 0 radical (unpaired) electrons. The lowest BCUT2D eigenvalue weighted by Gasteiger charge is -2.19. The van der Waals surface area contributed by atoms with Gasteiger partial charge in [-0.05, 0) is 59.1 Å². The van der Waals surface area contributed by atoms with Crippen LogP contribution in [0.25, 0.3) is 0 Å². The number of nitrogens with zero attached hydrogens (tertiary/aromatic N) is 1. The van der Waals surface area contributed by atoms with Gasteiger partial charge in [0.1, 0.15) is 0 Å². The fourth-order valence-electron chi connectivity index (χ4n) is 2.20. The molecule has 0 unspecified atom stereocenters. The van der Waals surface area contributed by atoms with Crippen LogP contribution in [0.15, 0.2) is 58.3 Å². The number of carbonyl (C=O) groups is 2. The van der Waals surface area contributed by atoms with Gasteiger partial charge < -0.3 is 10.2 Å². The average Bonchev–Trinajstić information content (AvgIpc) is 2.61. The van der Waals surface area contributed by atoms with Crippen LogP contribution in [0.3, 0.4) is 0 Å². The highest BCUT2D eigenvalue weighted by Gasteiger charge is 2.13. The highest BCUT2D eigenvalue weighted by atomic mass is 32.2. The molecule has 0 aliphatic heterocycles. The molecule has 2 aromatic carbocycles. The van der Waals surface area contributed by atoms with Crippen LogP contribution < -0.4 is 5.32 Å². The summed E-state index contributed by atoms with van der Waals surface area (Å²) in [6.07, 6.45) is 0. The first kappa shape index (κ1) is 21.4. The Balaban J connectivity index is 1.84. The van der Waals surface area contributed by atoms with E-state index in [2.05, 4.69) is 50.4 Å². The lowest BCUT2D eigenvalue weighted by Crippen LogP contribution is -2.16. The third kappa shape index (κ3) is 6.96. The number of rotatable bonds is 5. The predicted molar refractivity (Wildman–Crippen MR) is 116 cm³/mol.